The van der Waals surface area contributed by atoms with Crippen molar-refractivity contribution < 1.29 is 4.74 Å². The first kappa shape index (κ1) is 15.8. The van der Waals surface area contributed by atoms with Crippen molar-refractivity contribution in [3.63, 3.8) is 0 Å². The number of rotatable bonds is 9. The molecular weight excluding hydrogens is 234 g/mol. The lowest BCUT2D eigenvalue weighted by Gasteiger charge is -2.19. The maximum atomic E-state index is 5.77. The fraction of sp³-hybridized carbons (Fsp3) is 0.529. The van der Waals surface area contributed by atoms with Crippen LogP contribution in [0.4, 0.5) is 0 Å². The SMILES string of the molecule is C=CCCC(NCCC)c1cccc(OC(C)C)c1. The molecule has 0 heterocycles. The van der Waals surface area contributed by atoms with Gasteiger partial charge in [0.05, 0.1) is 6.10 Å². The van der Waals surface area contributed by atoms with E-state index >= 15 is 0 Å². The van der Waals surface area contributed by atoms with Gasteiger partial charge in [0, 0.05) is 6.04 Å². The van der Waals surface area contributed by atoms with Crippen LogP contribution in [0.3, 0.4) is 0 Å². The Kier molecular flexibility index (Phi) is 7.27. The van der Waals surface area contributed by atoms with Crippen LogP contribution in [0.5, 0.6) is 5.75 Å². The fourth-order valence-electron chi connectivity index (χ4n) is 2.07. The molecule has 0 aromatic heterocycles. The Hall–Kier alpha value is -1.28. The van der Waals surface area contributed by atoms with E-state index in [0.29, 0.717) is 6.04 Å². The summed E-state index contributed by atoms with van der Waals surface area (Å²) in [6.07, 6.45) is 5.44. The van der Waals surface area contributed by atoms with Gasteiger partial charge in [-0.3, -0.25) is 0 Å². The van der Waals surface area contributed by atoms with Crippen LogP contribution in [-0.2, 0) is 0 Å². The van der Waals surface area contributed by atoms with E-state index in [4.69, 9.17) is 4.74 Å². The van der Waals surface area contributed by atoms with Crippen molar-refractivity contribution in [3.8, 4) is 5.75 Å². The Morgan fingerprint density at radius 1 is 1.37 bits per heavy atom. The first-order valence-corrected chi connectivity index (χ1v) is 7.28. The first-order chi connectivity index (χ1) is 9.17. The van der Waals surface area contributed by atoms with Crippen LogP contribution in [-0.4, -0.2) is 12.6 Å². The molecule has 1 aromatic carbocycles. The van der Waals surface area contributed by atoms with Gasteiger partial charge in [0.2, 0.25) is 0 Å². The van der Waals surface area contributed by atoms with Gasteiger partial charge in [0.15, 0.2) is 0 Å². The van der Waals surface area contributed by atoms with Crippen molar-refractivity contribution in [2.24, 2.45) is 0 Å². The predicted molar refractivity (Wildman–Crippen MR) is 82.7 cm³/mol. The molecule has 2 nitrogen and oxygen atoms in total. The smallest absolute Gasteiger partial charge is 0.120 e. The largest absolute Gasteiger partial charge is 0.491 e. The molecule has 1 aromatic rings. The van der Waals surface area contributed by atoms with Gasteiger partial charge in [-0.15, -0.1) is 6.58 Å². The average Bonchev–Trinajstić information content (AvgIpc) is 2.38. The lowest BCUT2D eigenvalue weighted by molar-refractivity contribution is 0.242. The van der Waals surface area contributed by atoms with Crippen LogP contribution in [0, 0.1) is 0 Å². The molecule has 1 unspecified atom stereocenters. The summed E-state index contributed by atoms with van der Waals surface area (Å²) in [5.74, 6) is 0.953. The summed E-state index contributed by atoms with van der Waals surface area (Å²) in [4.78, 5) is 0. The third-order valence-electron chi connectivity index (χ3n) is 2.93. The van der Waals surface area contributed by atoms with Gasteiger partial charge >= 0.3 is 0 Å². The number of allylic oxidation sites excluding steroid dienone is 1. The summed E-state index contributed by atoms with van der Waals surface area (Å²) < 4.78 is 5.77. The highest BCUT2D eigenvalue weighted by atomic mass is 16.5. The number of nitrogens with one attached hydrogen (secondary N) is 1. The number of hydrogen-bond acceptors (Lipinski definition) is 2. The maximum Gasteiger partial charge on any atom is 0.120 e. The standard InChI is InChI=1S/C17H27NO/c1-5-7-11-17(18-12-6-2)15-9-8-10-16(13-15)19-14(3)4/h5,8-10,13-14,17-18H,1,6-7,11-12H2,2-4H3. The van der Waals surface area contributed by atoms with Crippen molar-refractivity contribution >= 4 is 0 Å². The first-order valence-electron chi connectivity index (χ1n) is 7.28. The van der Waals surface area contributed by atoms with Crippen molar-refractivity contribution in [3.05, 3.63) is 42.5 Å². The zero-order valence-electron chi connectivity index (χ0n) is 12.5. The third-order valence-corrected chi connectivity index (χ3v) is 2.93. The van der Waals surface area contributed by atoms with E-state index in [1.54, 1.807) is 0 Å². The zero-order valence-corrected chi connectivity index (χ0v) is 12.5. The highest BCUT2D eigenvalue weighted by molar-refractivity contribution is 5.30. The Bertz CT molecular complexity index is 373. The van der Waals surface area contributed by atoms with E-state index < -0.39 is 0 Å². The highest BCUT2D eigenvalue weighted by Crippen LogP contribution is 2.23. The van der Waals surface area contributed by atoms with Gasteiger partial charge in [0.25, 0.3) is 0 Å². The molecule has 0 saturated carbocycles. The average molecular weight is 261 g/mol. The minimum atomic E-state index is 0.213. The van der Waals surface area contributed by atoms with Gasteiger partial charge in [-0.25, -0.2) is 0 Å². The lowest BCUT2D eigenvalue weighted by atomic mass is 10.0. The molecule has 0 aliphatic heterocycles. The van der Waals surface area contributed by atoms with Crippen molar-refractivity contribution in [2.45, 2.75) is 52.2 Å². The van der Waals surface area contributed by atoms with Crippen molar-refractivity contribution in [1.82, 2.24) is 5.32 Å². The molecule has 0 aliphatic rings. The normalized spacial score (nSPS) is 12.4. The highest BCUT2D eigenvalue weighted by Gasteiger charge is 2.10. The summed E-state index contributed by atoms with van der Waals surface area (Å²) in [7, 11) is 0. The Balaban J connectivity index is 2.78. The molecular formula is C17H27NO. The van der Waals surface area contributed by atoms with E-state index in [9.17, 15) is 0 Å². The monoisotopic (exact) mass is 261 g/mol. The van der Waals surface area contributed by atoms with Crippen molar-refractivity contribution in [1.29, 1.82) is 0 Å². The Morgan fingerprint density at radius 3 is 2.79 bits per heavy atom. The van der Waals surface area contributed by atoms with Gasteiger partial charge in [-0.1, -0.05) is 25.1 Å². The van der Waals surface area contributed by atoms with Crippen LogP contribution in [0.2, 0.25) is 0 Å². The van der Waals surface area contributed by atoms with E-state index in [-0.39, 0.29) is 6.10 Å². The topological polar surface area (TPSA) is 21.3 Å². The summed E-state index contributed by atoms with van der Waals surface area (Å²) in [5, 5.41) is 3.60. The molecule has 0 fully saturated rings. The van der Waals surface area contributed by atoms with Gasteiger partial charge in [-0.2, -0.15) is 0 Å². The van der Waals surface area contributed by atoms with Crippen LogP contribution < -0.4 is 10.1 Å². The van der Waals surface area contributed by atoms with E-state index in [0.717, 1.165) is 31.6 Å². The molecule has 0 amide bonds. The second kappa shape index (κ2) is 8.76. The molecule has 0 spiro atoms. The molecule has 106 valence electrons. The minimum absolute atomic E-state index is 0.213. The third kappa shape index (κ3) is 5.93. The quantitative estimate of drug-likeness (QED) is 0.662. The fourth-order valence-corrected chi connectivity index (χ4v) is 2.07. The summed E-state index contributed by atoms with van der Waals surface area (Å²) >= 11 is 0. The summed E-state index contributed by atoms with van der Waals surface area (Å²) in [6.45, 7) is 11.1. The van der Waals surface area contributed by atoms with Crippen LogP contribution >= 0.6 is 0 Å². The molecule has 0 bridgehead atoms. The molecule has 0 saturated heterocycles. The minimum Gasteiger partial charge on any atom is -0.491 e. The lowest BCUT2D eigenvalue weighted by Crippen LogP contribution is -2.22. The second-order valence-electron chi connectivity index (χ2n) is 5.11. The summed E-state index contributed by atoms with van der Waals surface area (Å²) in [5.41, 5.74) is 1.30. The van der Waals surface area contributed by atoms with Gasteiger partial charge in [0.1, 0.15) is 5.75 Å². The summed E-state index contributed by atoms with van der Waals surface area (Å²) in [6, 6.07) is 8.80. The molecule has 1 rings (SSSR count). The number of benzene rings is 1. The molecule has 1 N–H and O–H groups in total. The molecule has 0 radical (unpaired) electrons. The van der Waals surface area contributed by atoms with Crippen LogP contribution in [0.25, 0.3) is 0 Å². The van der Waals surface area contributed by atoms with Gasteiger partial charge < -0.3 is 10.1 Å². The predicted octanol–water partition coefficient (Wildman–Crippen LogP) is 4.48. The number of ether oxygens (including phenoxy) is 1. The van der Waals surface area contributed by atoms with Crippen molar-refractivity contribution in [2.75, 3.05) is 6.54 Å². The molecule has 2 heteroatoms. The Morgan fingerprint density at radius 2 is 2.16 bits per heavy atom. The Labute approximate surface area is 117 Å². The maximum absolute atomic E-state index is 5.77. The molecule has 19 heavy (non-hydrogen) atoms. The van der Waals surface area contributed by atoms with E-state index in [2.05, 4.69) is 50.9 Å². The molecule has 1 atom stereocenters. The number of hydrogen-bond donors (Lipinski definition) is 1. The van der Waals surface area contributed by atoms with E-state index in [1.165, 1.54) is 5.56 Å². The van der Waals surface area contributed by atoms with Gasteiger partial charge in [-0.05, 0) is 57.4 Å². The van der Waals surface area contributed by atoms with Crippen LogP contribution in [0.15, 0.2) is 36.9 Å². The zero-order chi connectivity index (χ0) is 14.1. The van der Waals surface area contributed by atoms with Crippen LogP contribution in [0.1, 0.15) is 51.6 Å². The second-order valence-corrected chi connectivity index (χ2v) is 5.11. The molecule has 0 aliphatic carbocycles. The van der Waals surface area contributed by atoms with E-state index in [1.807, 2.05) is 12.1 Å².